The van der Waals surface area contributed by atoms with Gasteiger partial charge in [-0.05, 0) is 49.4 Å². The van der Waals surface area contributed by atoms with E-state index in [9.17, 15) is 4.79 Å². The van der Waals surface area contributed by atoms with Crippen LogP contribution < -0.4 is 15.0 Å². The van der Waals surface area contributed by atoms with Crippen molar-refractivity contribution in [1.82, 2.24) is 10.3 Å². The van der Waals surface area contributed by atoms with E-state index in [1.165, 1.54) is 12.8 Å². The SMILES string of the molecule is CC1CCN(c2ccc(CNC(=O)C(C)Oc3ccc(Cl)c(Cl)c3)cn2)CC1. The van der Waals surface area contributed by atoms with Crippen molar-refractivity contribution >= 4 is 34.9 Å². The standard InChI is InChI=1S/C21H25Cl2N3O2/c1-14-7-9-26(10-8-14)20-6-3-16(12-24-20)13-25-21(27)15(2)28-17-4-5-18(22)19(23)11-17/h3-6,11-12,14-15H,7-10,13H2,1-2H3,(H,25,27). The highest BCUT2D eigenvalue weighted by molar-refractivity contribution is 6.42. The molecule has 1 fully saturated rings. The average molecular weight is 422 g/mol. The first-order valence-corrected chi connectivity index (χ1v) is 10.3. The monoisotopic (exact) mass is 421 g/mol. The fraction of sp³-hybridized carbons (Fsp3) is 0.429. The van der Waals surface area contributed by atoms with E-state index in [-0.39, 0.29) is 5.91 Å². The van der Waals surface area contributed by atoms with Crippen LogP contribution in [0, 0.1) is 5.92 Å². The zero-order chi connectivity index (χ0) is 20.1. The molecule has 5 nitrogen and oxygen atoms in total. The second-order valence-electron chi connectivity index (χ2n) is 7.25. The Bertz CT molecular complexity index is 806. The minimum absolute atomic E-state index is 0.208. The minimum atomic E-state index is -0.653. The Kier molecular flexibility index (Phi) is 7.03. The van der Waals surface area contributed by atoms with Crippen LogP contribution in [-0.4, -0.2) is 30.1 Å². The van der Waals surface area contributed by atoms with Crippen molar-refractivity contribution in [2.75, 3.05) is 18.0 Å². The minimum Gasteiger partial charge on any atom is -0.481 e. The highest BCUT2D eigenvalue weighted by Crippen LogP contribution is 2.27. The molecule has 1 aromatic heterocycles. The lowest BCUT2D eigenvalue weighted by atomic mass is 9.99. The number of nitrogens with one attached hydrogen (secondary N) is 1. The molecular formula is C21H25Cl2N3O2. The third kappa shape index (κ3) is 5.52. The van der Waals surface area contributed by atoms with Crippen molar-refractivity contribution in [2.24, 2.45) is 5.92 Å². The van der Waals surface area contributed by atoms with Crippen LogP contribution in [0.2, 0.25) is 10.0 Å². The van der Waals surface area contributed by atoms with Gasteiger partial charge in [0.2, 0.25) is 0 Å². The van der Waals surface area contributed by atoms with Gasteiger partial charge in [-0.3, -0.25) is 4.79 Å². The lowest BCUT2D eigenvalue weighted by molar-refractivity contribution is -0.127. The summed E-state index contributed by atoms with van der Waals surface area (Å²) in [6.45, 7) is 6.49. The van der Waals surface area contributed by atoms with Crippen molar-refractivity contribution in [3.63, 3.8) is 0 Å². The fourth-order valence-corrected chi connectivity index (χ4v) is 3.37. The first kappa shape index (κ1) is 20.7. The molecule has 150 valence electrons. The Morgan fingerprint density at radius 3 is 2.64 bits per heavy atom. The number of piperidine rings is 1. The topological polar surface area (TPSA) is 54.5 Å². The molecule has 3 rings (SSSR count). The Labute approximate surface area is 176 Å². The summed E-state index contributed by atoms with van der Waals surface area (Å²) in [7, 11) is 0. The number of hydrogen-bond donors (Lipinski definition) is 1. The molecule has 1 amide bonds. The van der Waals surface area contributed by atoms with E-state index in [4.69, 9.17) is 27.9 Å². The highest BCUT2D eigenvalue weighted by Gasteiger charge is 2.17. The number of aromatic nitrogens is 1. The molecule has 1 aliphatic heterocycles. The quantitative estimate of drug-likeness (QED) is 0.733. The number of benzene rings is 1. The summed E-state index contributed by atoms with van der Waals surface area (Å²) in [5.74, 6) is 2.08. The first-order valence-electron chi connectivity index (χ1n) is 9.51. The van der Waals surface area contributed by atoms with E-state index in [1.807, 2.05) is 18.3 Å². The molecule has 1 aromatic carbocycles. The maximum absolute atomic E-state index is 12.3. The van der Waals surface area contributed by atoms with Crippen molar-refractivity contribution in [2.45, 2.75) is 39.3 Å². The van der Waals surface area contributed by atoms with Gasteiger partial charge in [0.05, 0.1) is 10.0 Å². The van der Waals surface area contributed by atoms with Gasteiger partial charge in [-0.15, -0.1) is 0 Å². The predicted octanol–water partition coefficient (Wildman–Crippen LogP) is 4.71. The van der Waals surface area contributed by atoms with Crippen molar-refractivity contribution < 1.29 is 9.53 Å². The largest absolute Gasteiger partial charge is 0.481 e. The molecule has 0 aliphatic carbocycles. The van der Waals surface area contributed by atoms with Crippen LogP contribution >= 0.6 is 23.2 Å². The van der Waals surface area contributed by atoms with Crippen LogP contribution in [0.15, 0.2) is 36.5 Å². The van der Waals surface area contributed by atoms with Gasteiger partial charge in [0.15, 0.2) is 6.10 Å². The second kappa shape index (κ2) is 9.48. The van der Waals surface area contributed by atoms with Crippen LogP contribution in [-0.2, 0) is 11.3 Å². The summed E-state index contributed by atoms with van der Waals surface area (Å²) in [6.07, 6.45) is 3.57. The van der Waals surface area contributed by atoms with Gasteiger partial charge >= 0.3 is 0 Å². The normalized spacial score (nSPS) is 15.9. The number of nitrogens with zero attached hydrogens (tertiary/aromatic N) is 2. The fourth-order valence-electron chi connectivity index (χ4n) is 3.09. The van der Waals surface area contributed by atoms with Crippen LogP contribution in [0.5, 0.6) is 5.75 Å². The summed E-state index contributed by atoms with van der Waals surface area (Å²) in [5.41, 5.74) is 0.948. The van der Waals surface area contributed by atoms with Gasteiger partial charge in [0, 0.05) is 31.9 Å². The van der Waals surface area contributed by atoms with Crippen LogP contribution in [0.3, 0.4) is 0 Å². The van der Waals surface area contributed by atoms with Gasteiger partial charge in [-0.1, -0.05) is 36.2 Å². The maximum Gasteiger partial charge on any atom is 0.261 e. The van der Waals surface area contributed by atoms with Gasteiger partial charge in [-0.2, -0.15) is 0 Å². The van der Waals surface area contributed by atoms with E-state index < -0.39 is 6.10 Å². The van der Waals surface area contributed by atoms with Crippen molar-refractivity contribution in [3.05, 3.63) is 52.1 Å². The smallest absolute Gasteiger partial charge is 0.261 e. The predicted molar refractivity (Wildman–Crippen MR) is 113 cm³/mol. The average Bonchev–Trinajstić information content (AvgIpc) is 2.70. The molecular weight excluding hydrogens is 397 g/mol. The molecule has 0 bridgehead atoms. The third-order valence-corrected chi connectivity index (χ3v) is 5.70. The third-order valence-electron chi connectivity index (χ3n) is 4.96. The Balaban J connectivity index is 1.49. The molecule has 28 heavy (non-hydrogen) atoms. The van der Waals surface area contributed by atoms with Gasteiger partial charge in [0.25, 0.3) is 5.91 Å². The molecule has 1 unspecified atom stereocenters. The Hall–Kier alpha value is -1.98. The molecule has 0 spiro atoms. The molecule has 2 heterocycles. The molecule has 1 aliphatic rings. The molecule has 7 heteroatoms. The van der Waals surface area contributed by atoms with Crippen LogP contribution in [0.25, 0.3) is 0 Å². The van der Waals surface area contributed by atoms with Gasteiger partial charge < -0.3 is 15.0 Å². The summed E-state index contributed by atoms with van der Waals surface area (Å²) >= 11 is 11.9. The van der Waals surface area contributed by atoms with Gasteiger partial charge in [0.1, 0.15) is 11.6 Å². The number of rotatable bonds is 6. The zero-order valence-electron chi connectivity index (χ0n) is 16.1. The molecule has 1 N–H and O–H groups in total. The van der Waals surface area contributed by atoms with E-state index in [0.29, 0.717) is 22.3 Å². The van der Waals surface area contributed by atoms with Crippen molar-refractivity contribution in [1.29, 1.82) is 0 Å². The molecule has 0 saturated carbocycles. The highest BCUT2D eigenvalue weighted by atomic mass is 35.5. The summed E-state index contributed by atoms with van der Waals surface area (Å²) in [6, 6.07) is 8.94. The van der Waals surface area contributed by atoms with Crippen LogP contribution in [0.1, 0.15) is 32.3 Å². The number of halogens is 2. The number of amides is 1. The number of anilines is 1. The molecule has 2 aromatic rings. The zero-order valence-corrected chi connectivity index (χ0v) is 17.6. The van der Waals surface area contributed by atoms with Crippen LogP contribution in [0.4, 0.5) is 5.82 Å². The molecule has 1 atom stereocenters. The van der Waals surface area contributed by atoms with E-state index >= 15 is 0 Å². The summed E-state index contributed by atoms with van der Waals surface area (Å²) < 4.78 is 5.63. The number of hydrogen-bond acceptors (Lipinski definition) is 4. The summed E-state index contributed by atoms with van der Waals surface area (Å²) in [5, 5.41) is 3.71. The van der Waals surface area contributed by atoms with Crippen molar-refractivity contribution in [3.8, 4) is 5.75 Å². The van der Waals surface area contributed by atoms with E-state index in [2.05, 4.69) is 22.1 Å². The maximum atomic E-state index is 12.3. The second-order valence-corrected chi connectivity index (χ2v) is 8.06. The molecule has 1 saturated heterocycles. The molecule has 0 radical (unpaired) electrons. The first-order chi connectivity index (χ1) is 13.4. The van der Waals surface area contributed by atoms with Gasteiger partial charge in [-0.25, -0.2) is 4.98 Å². The Morgan fingerprint density at radius 2 is 2.00 bits per heavy atom. The van der Waals surface area contributed by atoms with E-state index in [1.54, 1.807) is 25.1 Å². The Morgan fingerprint density at radius 1 is 1.25 bits per heavy atom. The lowest BCUT2D eigenvalue weighted by Gasteiger charge is -2.31. The number of ether oxygens (including phenoxy) is 1. The summed E-state index contributed by atoms with van der Waals surface area (Å²) in [4.78, 5) is 19.2. The number of carbonyl (C=O) groups excluding carboxylic acids is 1. The lowest BCUT2D eigenvalue weighted by Crippen LogP contribution is -2.36. The van der Waals surface area contributed by atoms with E-state index in [0.717, 1.165) is 30.4 Å². The number of pyridine rings is 1. The number of carbonyl (C=O) groups is 1.